The molecule has 1 fully saturated rings. The van der Waals surface area contributed by atoms with Gasteiger partial charge in [0.25, 0.3) is 5.91 Å². The van der Waals surface area contributed by atoms with Crippen LogP contribution in [-0.2, 0) is 13.0 Å². The molecule has 1 amide bonds. The summed E-state index contributed by atoms with van der Waals surface area (Å²) in [6.45, 7) is 8.24. The predicted molar refractivity (Wildman–Crippen MR) is 80.7 cm³/mol. The minimum Gasteiger partial charge on any atom is -0.338 e. The summed E-state index contributed by atoms with van der Waals surface area (Å²) in [5, 5.41) is 3.37. The Morgan fingerprint density at radius 1 is 1.40 bits per heavy atom. The van der Waals surface area contributed by atoms with Crippen LogP contribution in [0.1, 0.15) is 41.8 Å². The maximum atomic E-state index is 12.8. The molecule has 3 rings (SSSR count). The molecular formula is C17H24N2O. The fourth-order valence-corrected chi connectivity index (χ4v) is 3.42. The Kier molecular flexibility index (Phi) is 3.79. The van der Waals surface area contributed by atoms with Crippen LogP contribution in [0.15, 0.2) is 18.2 Å². The summed E-state index contributed by atoms with van der Waals surface area (Å²) in [4.78, 5) is 14.9. The lowest BCUT2D eigenvalue weighted by molar-refractivity contribution is 0.0782. The molecule has 2 aliphatic rings. The van der Waals surface area contributed by atoms with Gasteiger partial charge in [0.05, 0.1) is 0 Å². The molecule has 1 aromatic rings. The summed E-state index contributed by atoms with van der Waals surface area (Å²) >= 11 is 0. The first kappa shape index (κ1) is 13.6. The molecule has 1 aromatic carbocycles. The molecule has 1 unspecified atom stereocenters. The Morgan fingerprint density at radius 2 is 2.25 bits per heavy atom. The molecule has 0 aromatic heterocycles. The summed E-state index contributed by atoms with van der Waals surface area (Å²) in [6.07, 6.45) is 2.12. The van der Waals surface area contributed by atoms with Crippen LogP contribution in [-0.4, -0.2) is 30.4 Å². The van der Waals surface area contributed by atoms with Gasteiger partial charge in [0, 0.05) is 25.2 Å². The highest BCUT2D eigenvalue weighted by molar-refractivity contribution is 5.96. The smallest absolute Gasteiger partial charge is 0.254 e. The Morgan fingerprint density at radius 3 is 3.00 bits per heavy atom. The van der Waals surface area contributed by atoms with Crippen LogP contribution >= 0.6 is 0 Å². The molecular weight excluding hydrogens is 248 g/mol. The van der Waals surface area contributed by atoms with Gasteiger partial charge in [-0.2, -0.15) is 0 Å². The van der Waals surface area contributed by atoms with Gasteiger partial charge in [-0.25, -0.2) is 0 Å². The zero-order chi connectivity index (χ0) is 14.1. The standard InChI is InChI=1S/C17H24N2O/c1-12(2)14-7-9-19(11-14)17(20)16-5-3-4-13-10-18-8-6-15(13)16/h3-5,12,14,18H,6-11H2,1-2H3. The van der Waals surface area contributed by atoms with Crippen molar-refractivity contribution in [2.45, 2.75) is 33.2 Å². The third-order valence-electron chi connectivity index (χ3n) is 4.83. The van der Waals surface area contributed by atoms with Crippen molar-refractivity contribution < 1.29 is 4.79 Å². The van der Waals surface area contributed by atoms with Crippen LogP contribution in [0.2, 0.25) is 0 Å². The third-order valence-corrected chi connectivity index (χ3v) is 4.83. The average Bonchev–Trinajstić information content (AvgIpc) is 2.96. The van der Waals surface area contributed by atoms with E-state index in [1.165, 1.54) is 11.1 Å². The first-order valence-corrected chi connectivity index (χ1v) is 7.77. The highest BCUT2D eigenvalue weighted by atomic mass is 16.2. The molecule has 0 saturated carbocycles. The van der Waals surface area contributed by atoms with E-state index in [1.54, 1.807) is 0 Å². The van der Waals surface area contributed by atoms with Crippen LogP contribution < -0.4 is 5.32 Å². The van der Waals surface area contributed by atoms with E-state index in [0.29, 0.717) is 11.8 Å². The SMILES string of the molecule is CC(C)C1CCN(C(=O)c2cccc3c2CCNC3)C1. The topological polar surface area (TPSA) is 32.3 Å². The summed E-state index contributed by atoms with van der Waals surface area (Å²) in [6, 6.07) is 6.17. The summed E-state index contributed by atoms with van der Waals surface area (Å²) in [7, 11) is 0. The second kappa shape index (κ2) is 5.57. The molecule has 0 radical (unpaired) electrons. The lowest BCUT2D eigenvalue weighted by Crippen LogP contribution is -2.32. The van der Waals surface area contributed by atoms with Gasteiger partial charge in [-0.3, -0.25) is 4.79 Å². The highest BCUT2D eigenvalue weighted by Gasteiger charge is 2.30. The molecule has 3 nitrogen and oxygen atoms in total. The molecule has 0 spiro atoms. The zero-order valence-electron chi connectivity index (χ0n) is 12.5. The number of nitrogens with zero attached hydrogens (tertiary/aromatic N) is 1. The fourth-order valence-electron chi connectivity index (χ4n) is 3.42. The third kappa shape index (κ3) is 2.47. The van der Waals surface area contributed by atoms with Crippen molar-refractivity contribution in [2.75, 3.05) is 19.6 Å². The van der Waals surface area contributed by atoms with Gasteiger partial charge in [-0.15, -0.1) is 0 Å². The second-order valence-electron chi connectivity index (χ2n) is 6.41. The minimum atomic E-state index is 0.243. The van der Waals surface area contributed by atoms with Crippen molar-refractivity contribution in [3.8, 4) is 0 Å². The molecule has 2 heterocycles. The summed E-state index contributed by atoms with van der Waals surface area (Å²) in [5.74, 6) is 1.58. The maximum absolute atomic E-state index is 12.8. The Balaban J connectivity index is 1.81. The zero-order valence-corrected chi connectivity index (χ0v) is 12.5. The number of carbonyl (C=O) groups is 1. The van der Waals surface area contributed by atoms with E-state index in [0.717, 1.165) is 44.6 Å². The number of fused-ring (bicyclic) bond motifs is 1. The molecule has 108 valence electrons. The molecule has 0 bridgehead atoms. The van der Waals surface area contributed by atoms with E-state index in [9.17, 15) is 4.79 Å². The molecule has 1 atom stereocenters. The van der Waals surface area contributed by atoms with Crippen LogP contribution in [0.4, 0.5) is 0 Å². The van der Waals surface area contributed by atoms with Gasteiger partial charge < -0.3 is 10.2 Å². The number of carbonyl (C=O) groups excluding carboxylic acids is 1. The first-order chi connectivity index (χ1) is 9.66. The molecule has 1 saturated heterocycles. The highest BCUT2D eigenvalue weighted by Crippen LogP contribution is 2.27. The number of benzene rings is 1. The molecule has 2 aliphatic heterocycles. The molecule has 20 heavy (non-hydrogen) atoms. The Hall–Kier alpha value is -1.35. The van der Waals surface area contributed by atoms with Gasteiger partial charge in [0.2, 0.25) is 0 Å². The predicted octanol–water partition coefficient (Wildman–Crippen LogP) is 2.45. The van der Waals surface area contributed by atoms with Crippen LogP contribution in [0.25, 0.3) is 0 Å². The summed E-state index contributed by atoms with van der Waals surface area (Å²) < 4.78 is 0. The Bertz CT molecular complexity index is 510. The largest absolute Gasteiger partial charge is 0.338 e. The van der Waals surface area contributed by atoms with E-state index in [-0.39, 0.29) is 5.91 Å². The number of hydrogen-bond donors (Lipinski definition) is 1. The quantitative estimate of drug-likeness (QED) is 0.897. The van der Waals surface area contributed by atoms with Crippen LogP contribution in [0, 0.1) is 11.8 Å². The normalized spacial score (nSPS) is 22.1. The van der Waals surface area contributed by atoms with E-state index in [4.69, 9.17) is 0 Å². The Labute approximate surface area is 121 Å². The molecule has 3 heteroatoms. The van der Waals surface area contributed by atoms with Crippen molar-refractivity contribution in [3.05, 3.63) is 34.9 Å². The van der Waals surface area contributed by atoms with Gasteiger partial charge in [0.1, 0.15) is 0 Å². The van der Waals surface area contributed by atoms with Crippen molar-refractivity contribution in [3.63, 3.8) is 0 Å². The minimum absolute atomic E-state index is 0.243. The number of rotatable bonds is 2. The van der Waals surface area contributed by atoms with Crippen molar-refractivity contribution in [1.82, 2.24) is 10.2 Å². The van der Waals surface area contributed by atoms with Crippen LogP contribution in [0.5, 0.6) is 0 Å². The van der Waals surface area contributed by atoms with Gasteiger partial charge >= 0.3 is 0 Å². The van der Waals surface area contributed by atoms with Gasteiger partial charge in [0.15, 0.2) is 0 Å². The van der Waals surface area contributed by atoms with E-state index in [1.807, 2.05) is 12.1 Å². The average molecular weight is 272 g/mol. The first-order valence-electron chi connectivity index (χ1n) is 7.77. The fraction of sp³-hybridized carbons (Fsp3) is 0.588. The lowest BCUT2D eigenvalue weighted by atomic mass is 9.94. The van der Waals surface area contributed by atoms with Crippen molar-refractivity contribution in [2.24, 2.45) is 11.8 Å². The molecule has 1 N–H and O–H groups in total. The number of hydrogen-bond acceptors (Lipinski definition) is 2. The van der Waals surface area contributed by atoms with Gasteiger partial charge in [-0.1, -0.05) is 26.0 Å². The van der Waals surface area contributed by atoms with Crippen molar-refractivity contribution in [1.29, 1.82) is 0 Å². The number of amides is 1. The monoisotopic (exact) mass is 272 g/mol. The van der Waals surface area contributed by atoms with Gasteiger partial charge in [-0.05, 0) is 48.4 Å². The maximum Gasteiger partial charge on any atom is 0.254 e. The van der Waals surface area contributed by atoms with E-state index < -0.39 is 0 Å². The second-order valence-corrected chi connectivity index (χ2v) is 6.41. The van der Waals surface area contributed by atoms with Crippen LogP contribution in [0.3, 0.4) is 0 Å². The number of likely N-dealkylation sites (tertiary alicyclic amines) is 1. The van der Waals surface area contributed by atoms with E-state index >= 15 is 0 Å². The van der Waals surface area contributed by atoms with Crippen molar-refractivity contribution >= 4 is 5.91 Å². The summed E-state index contributed by atoms with van der Waals surface area (Å²) in [5.41, 5.74) is 3.50. The molecule has 0 aliphatic carbocycles. The number of nitrogens with one attached hydrogen (secondary N) is 1. The van der Waals surface area contributed by atoms with E-state index in [2.05, 4.69) is 30.1 Å². The lowest BCUT2D eigenvalue weighted by Gasteiger charge is -2.23.